The van der Waals surface area contributed by atoms with Crippen molar-refractivity contribution in [1.82, 2.24) is 9.88 Å². The SMILES string of the molecule is O=C(O)c1ccc2c(c1)CN(Cc1cncc(Br)c1)C2. The summed E-state index contributed by atoms with van der Waals surface area (Å²) in [6.45, 7) is 2.44. The van der Waals surface area contributed by atoms with Crippen LogP contribution in [0.4, 0.5) is 0 Å². The molecule has 1 aromatic heterocycles. The lowest BCUT2D eigenvalue weighted by atomic mass is 10.1. The first-order valence-electron chi connectivity index (χ1n) is 6.29. The van der Waals surface area contributed by atoms with E-state index in [0.29, 0.717) is 5.56 Å². The smallest absolute Gasteiger partial charge is 0.335 e. The Morgan fingerprint density at radius 2 is 2.05 bits per heavy atom. The van der Waals surface area contributed by atoms with Gasteiger partial charge in [0.25, 0.3) is 0 Å². The van der Waals surface area contributed by atoms with E-state index in [2.05, 4.69) is 31.9 Å². The summed E-state index contributed by atoms with van der Waals surface area (Å²) in [5, 5.41) is 9.02. The molecule has 0 bridgehead atoms. The highest BCUT2D eigenvalue weighted by Crippen LogP contribution is 2.25. The van der Waals surface area contributed by atoms with Crippen molar-refractivity contribution in [3.8, 4) is 0 Å². The molecule has 0 saturated heterocycles. The van der Waals surface area contributed by atoms with Crippen molar-refractivity contribution >= 4 is 21.9 Å². The number of aromatic carboxylic acids is 1. The van der Waals surface area contributed by atoms with Crippen molar-refractivity contribution in [3.05, 3.63) is 63.4 Å². The van der Waals surface area contributed by atoms with Crippen LogP contribution in [0.3, 0.4) is 0 Å². The van der Waals surface area contributed by atoms with Gasteiger partial charge in [0.05, 0.1) is 5.56 Å². The molecule has 0 saturated carbocycles. The topological polar surface area (TPSA) is 53.4 Å². The molecule has 3 rings (SSSR count). The van der Waals surface area contributed by atoms with E-state index in [4.69, 9.17) is 5.11 Å². The number of benzene rings is 1. The van der Waals surface area contributed by atoms with E-state index in [1.807, 2.05) is 12.3 Å². The van der Waals surface area contributed by atoms with Gasteiger partial charge in [0.2, 0.25) is 0 Å². The lowest BCUT2D eigenvalue weighted by molar-refractivity contribution is 0.0696. The fourth-order valence-corrected chi connectivity index (χ4v) is 2.92. The second-order valence-corrected chi connectivity index (χ2v) is 5.86. The summed E-state index contributed by atoms with van der Waals surface area (Å²) < 4.78 is 0.972. The summed E-state index contributed by atoms with van der Waals surface area (Å²) >= 11 is 3.42. The first-order chi connectivity index (χ1) is 9.61. The molecule has 5 heteroatoms. The van der Waals surface area contributed by atoms with E-state index in [1.54, 1.807) is 18.3 Å². The van der Waals surface area contributed by atoms with Crippen molar-refractivity contribution < 1.29 is 9.90 Å². The molecule has 1 aliphatic rings. The summed E-state index contributed by atoms with van der Waals surface area (Å²) in [5.74, 6) is -0.873. The van der Waals surface area contributed by atoms with Crippen LogP contribution in [-0.2, 0) is 19.6 Å². The van der Waals surface area contributed by atoms with E-state index in [-0.39, 0.29) is 0 Å². The third-order valence-corrected chi connectivity index (χ3v) is 3.84. The summed E-state index contributed by atoms with van der Waals surface area (Å²) in [6, 6.07) is 7.42. The molecule has 1 aliphatic heterocycles. The van der Waals surface area contributed by atoms with Gasteiger partial charge >= 0.3 is 5.97 Å². The van der Waals surface area contributed by atoms with Crippen LogP contribution in [0.25, 0.3) is 0 Å². The first-order valence-corrected chi connectivity index (χ1v) is 7.08. The minimum absolute atomic E-state index is 0.356. The predicted octanol–water partition coefficient (Wildman–Crippen LogP) is 3.06. The van der Waals surface area contributed by atoms with E-state index in [0.717, 1.165) is 35.2 Å². The Hall–Kier alpha value is -1.72. The third kappa shape index (κ3) is 2.73. The number of halogens is 1. The predicted molar refractivity (Wildman–Crippen MR) is 78.3 cm³/mol. The van der Waals surface area contributed by atoms with Crippen LogP contribution in [0.15, 0.2) is 41.1 Å². The number of hydrogen-bond donors (Lipinski definition) is 1. The van der Waals surface area contributed by atoms with Gasteiger partial charge in [0, 0.05) is 36.5 Å². The Morgan fingerprint density at radius 1 is 1.25 bits per heavy atom. The van der Waals surface area contributed by atoms with Gasteiger partial charge in [-0.2, -0.15) is 0 Å². The molecule has 0 atom stereocenters. The van der Waals surface area contributed by atoms with Crippen LogP contribution < -0.4 is 0 Å². The lowest BCUT2D eigenvalue weighted by Crippen LogP contribution is -2.15. The molecule has 1 aromatic carbocycles. The molecular weight excluding hydrogens is 320 g/mol. The zero-order chi connectivity index (χ0) is 14.1. The quantitative estimate of drug-likeness (QED) is 0.938. The maximum atomic E-state index is 11.0. The Kier molecular flexibility index (Phi) is 3.54. The minimum Gasteiger partial charge on any atom is -0.478 e. The van der Waals surface area contributed by atoms with Gasteiger partial charge in [-0.3, -0.25) is 9.88 Å². The van der Waals surface area contributed by atoms with Crippen LogP contribution in [0.2, 0.25) is 0 Å². The van der Waals surface area contributed by atoms with Gasteiger partial charge in [-0.15, -0.1) is 0 Å². The van der Waals surface area contributed by atoms with Crippen LogP contribution in [0.1, 0.15) is 27.0 Å². The molecule has 0 unspecified atom stereocenters. The van der Waals surface area contributed by atoms with Gasteiger partial charge in [-0.05, 0) is 50.8 Å². The molecule has 0 spiro atoms. The summed E-state index contributed by atoms with van der Waals surface area (Å²) in [7, 11) is 0. The molecule has 2 aromatic rings. The standard InChI is InChI=1S/C15H13BrN2O2/c16-14-3-10(5-17-6-14)7-18-8-12-2-1-11(15(19)20)4-13(12)9-18/h1-6H,7-9H2,(H,19,20). The lowest BCUT2D eigenvalue weighted by Gasteiger charge is -2.14. The van der Waals surface area contributed by atoms with Crippen molar-refractivity contribution in [1.29, 1.82) is 0 Å². The molecule has 102 valence electrons. The fourth-order valence-electron chi connectivity index (χ4n) is 2.51. The molecule has 0 radical (unpaired) electrons. The molecule has 20 heavy (non-hydrogen) atoms. The Balaban J connectivity index is 1.75. The number of carboxylic acids is 1. The largest absolute Gasteiger partial charge is 0.478 e. The molecule has 4 nitrogen and oxygen atoms in total. The monoisotopic (exact) mass is 332 g/mol. The minimum atomic E-state index is -0.873. The highest BCUT2D eigenvalue weighted by atomic mass is 79.9. The number of carboxylic acid groups (broad SMARTS) is 1. The molecule has 2 heterocycles. The second-order valence-electron chi connectivity index (χ2n) is 4.95. The molecule has 0 fully saturated rings. The number of carbonyl (C=O) groups is 1. The number of rotatable bonds is 3. The number of pyridine rings is 1. The zero-order valence-corrected chi connectivity index (χ0v) is 12.3. The van der Waals surface area contributed by atoms with Crippen LogP contribution in [0, 0.1) is 0 Å². The van der Waals surface area contributed by atoms with Crippen molar-refractivity contribution in [2.24, 2.45) is 0 Å². The van der Waals surface area contributed by atoms with E-state index < -0.39 is 5.97 Å². The average molecular weight is 333 g/mol. The Labute approximate surface area is 125 Å². The number of hydrogen-bond acceptors (Lipinski definition) is 3. The third-order valence-electron chi connectivity index (χ3n) is 3.41. The van der Waals surface area contributed by atoms with E-state index in [9.17, 15) is 4.79 Å². The number of fused-ring (bicyclic) bond motifs is 1. The fraction of sp³-hybridized carbons (Fsp3) is 0.200. The Morgan fingerprint density at radius 3 is 2.80 bits per heavy atom. The van der Waals surface area contributed by atoms with Gasteiger partial charge in [0.1, 0.15) is 0 Å². The first kappa shape index (κ1) is 13.3. The number of nitrogens with zero attached hydrogens (tertiary/aromatic N) is 2. The van der Waals surface area contributed by atoms with Crippen LogP contribution in [-0.4, -0.2) is 21.0 Å². The average Bonchev–Trinajstić information content (AvgIpc) is 2.79. The van der Waals surface area contributed by atoms with Gasteiger partial charge in [0.15, 0.2) is 0 Å². The normalized spacial score (nSPS) is 14.2. The molecule has 0 amide bonds. The van der Waals surface area contributed by atoms with Crippen molar-refractivity contribution in [3.63, 3.8) is 0 Å². The summed E-state index contributed by atoms with van der Waals surface area (Å²) in [4.78, 5) is 17.4. The van der Waals surface area contributed by atoms with Crippen molar-refractivity contribution in [2.45, 2.75) is 19.6 Å². The number of aromatic nitrogens is 1. The van der Waals surface area contributed by atoms with Crippen LogP contribution in [0.5, 0.6) is 0 Å². The highest BCUT2D eigenvalue weighted by Gasteiger charge is 2.20. The van der Waals surface area contributed by atoms with E-state index >= 15 is 0 Å². The molecule has 0 aliphatic carbocycles. The zero-order valence-electron chi connectivity index (χ0n) is 10.7. The molecule has 1 N–H and O–H groups in total. The van der Waals surface area contributed by atoms with Crippen molar-refractivity contribution in [2.75, 3.05) is 0 Å². The Bertz CT molecular complexity index is 673. The van der Waals surface area contributed by atoms with Gasteiger partial charge in [-0.25, -0.2) is 4.79 Å². The van der Waals surface area contributed by atoms with Gasteiger partial charge in [-0.1, -0.05) is 6.07 Å². The van der Waals surface area contributed by atoms with Crippen LogP contribution >= 0.6 is 15.9 Å². The second kappa shape index (κ2) is 5.34. The van der Waals surface area contributed by atoms with Gasteiger partial charge < -0.3 is 5.11 Å². The maximum absolute atomic E-state index is 11.0. The maximum Gasteiger partial charge on any atom is 0.335 e. The molecular formula is C15H13BrN2O2. The summed E-state index contributed by atoms with van der Waals surface area (Å²) in [5.41, 5.74) is 3.81. The van der Waals surface area contributed by atoms with E-state index in [1.165, 1.54) is 5.56 Å². The highest BCUT2D eigenvalue weighted by molar-refractivity contribution is 9.10. The summed E-state index contributed by atoms with van der Waals surface area (Å²) in [6.07, 6.45) is 3.62.